The van der Waals surface area contributed by atoms with Gasteiger partial charge in [0.2, 0.25) is 7.59 Å². The van der Waals surface area contributed by atoms with Crippen molar-refractivity contribution in [3.63, 3.8) is 0 Å². The molecular weight excluding hydrogens is 337 g/mol. The highest BCUT2D eigenvalue weighted by Gasteiger charge is 2.24. The van der Waals surface area contributed by atoms with E-state index < -0.39 is 7.59 Å². The Kier molecular flexibility index (Phi) is 6.87. The average molecular weight is 341 g/mol. The van der Waals surface area contributed by atoms with Gasteiger partial charge >= 0.3 is 5.24 Å². The smallest absolute Gasteiger partial charge is 0.352 e. The molecule has 0 amide bonds. The predicted octanol–water partition coefficient (Wildman–Crippen LogP) is 4.04. The highest BCUT2D eigenvalue weighted by Crippen LogP contribution is 2.27. The fraction of sp³-hybridized carbons (Fsp3) is 0.800. The minimum atomic E-state index is -1.56. The summed E-state index contributed by atoms with van der Waals surface area (Å²) in [6.07, 6.45) is 0. The highest BCUT2D eigenvalue weighted by molar-refractivity contribution is 7.79. The zero-order chi connectivity index (χ0) is 11.4. The van der Waals surface area contributed by atoms with Crippen LogP contribution in [0.4, 0.5) is 0 Å². The van der Waals surface area contributed by atoms with Gasteiger partial charge in [-0.25, -0.2) is 0 Å². The van der Waals surface area contributed by atoms with Crippen molar-refractivity contribution in [3.05, 3.63) is 0 Å². The van der Waals surface area contributed by atoms with Crippen molar-refractivity contribution in [1.82, 2.24) is 0 Å². The second-order valence-corrected chi connectivity index (χ2v) is 7.42. The minimum absolute atomic E-state index is 0.240. The van der Waals surface area contributed by atoms with E-state index >= 15 is 0 Å². The molecule has 0 saturated carbocycles. The van der Waals surface area contributed by atoms with Gasteiger partial charge < -0.3 is 9.47 Å². The van der Waals surface area contributed by atoms with E-state index in [1.54, 1.807) is 0 Å². The molecule has 0 saturated heterocycles. The summed E-state index contributed by atoms with van der Waals surface area (Å²) >= 11 is 36.9. The van der Waals surface area contributed by atoms with E-state index in [1.165, 1.54) is 0 Å². The Morgan fingerprint density at radius 3 is 1.36 bits per heavy atom. The zero-order valence-electron chi connectivity index (χ0n) is 6.41. The standard InChI is InChI=1S/C5H4Cl6O2S/c6-4(7,8)1-12-3(14)13-2-5(9,10)11/h1-2H2. The number of hydrogen-bond donors (Lipinski definition) is 0. The second-order valence-electron chi connectivity index (χ2n) is 2.06. The van der Waals surface area contributed by atoms with Crippen LogP contribution in [0.2, 0.25) is 0 Å². The molecule has 0 aliphatic carbocycles. The van der Waals surface area contributed by atoms with Crippen molar-refractivity contribution in [1.29, 1.82) is 0 Å². The maximum Gasteiger partial charge on any atom is 0.352 e. The van der Waals surface area contributed by atoms with E-state index in [4.69, 9.17) is 79.1 Å². The fourth-order valence-corrected chi connectivity index (χ4v) is 0.768. The fourth-order valence-electron chi connectivity index (χ4n) is 0.323. The Hall–Kier alpha value is 1.43. The molecule has 84 valence electrons. The molecule has 0 aromatic heterocycles. The first-order valence-corrected chi connectivity index (χ1v) is 5.71. The van der Waals surface area contributed by atoms with E-state index in [1.807, 2.05) is 0 Å². The molecule has 0 aliphatic heterocycles. The van der Waals surface area contributed by atoms with Crippen LogP contribution in [0.3, 0.4) is 0 Å². The summed E-state index contributed by atoms with van der Waals surface area (Å²) in [7, 11) is 0. The number of thiocarbonyl (C=S) groups is 1. The van der Waals surface area contributed by atoms with Gasteiger partial charge in [-0.1, -0.05) is 69.6 Å². The quantitative estimate of drug-likeness (QED) is 0.558. The van der Waals surface area contributed by atoms with E-state index in [2.05, 4.69) is 12.2 Å². The molecule has 0 aromatic carbocycles. The van der Waals surface area contributed by atoms with Crippen molar-refractivity contribution in [2.75, 3.05) is 13.2 Å². The van der Waals surface area contributed by atoms with Crippen LogP contribution in [-0.4, -0.2) is 26.0 Å². The van der Waals surface area contributed by atoms with Gasteiger partial charge in [-0.3, -0.25) is 0 Å². The van der Waals surface area contributed by atoms with Crippen LogP contribution in [0.5, 0.6) is 0 Å². The summed E-state index contributed by atoms with van der Waals surface area (Å²) in [5.74, 6) is 0. The Morgan fingerprint density at radius 1 is 0.857 bits per heavy atom. The Morgan fingerprint density at radius 2 is 1.14 bits per heavy atom. The van der Waals surface area contributed by atoms with Gasteiger partial charge in [0.1, 0.15) is 13.2 Å². The van der Waals surface area contributed by atoms with Gasteiger partial charge in [0, 0.05) is 12.2 Å². The Bertz CT molecular complexity index is 177. The van der Waals surface area contributed by atoms with Crippen molar-refractivity contribution in [2.24, 2.45) is 0 Å². The molecule has 0 bridgehead atoms. The van der Waals surface area contributed by atoms with Crippen molar-refractivity contribution in [2.45, 2.75) is 7.59 Å². The van der Waals surface area contributed by atoms with Gasteiger partial charge in [0.05, 0.1) is 0 Å². The SMILES string of the molecule is S=C(OCC(Cl)(Cl)Cl)OCC(Cl)(Cl)Cl. The number of hydrogen-bond acceptors (Lipinski definition) is 3. The number of alkyl halides is 6. The number of ether oxygens (including phenoxy) is 2. The van der Waals surface area contributed by atoms with Crippen molar-refractivity contribution < 1.29 is 9.47 Å². The van der Waals surface area contributed by atoms with E-state index in [0.29, 0.717) is 0 Å². The molecule has 14 heavy (non-hydrogen) atoms. The zero-order valence-corrected chi connectivity index (χ0v) is 11.8. The van der Waals surface area contributed by atoms with Gasteiger partial charge in [0.15, 0.2) is 0 Å². The van der Waals surface area contributed by atoms with Gasteiger partial charge in [0.25, 0.3) is 0 Å². The lowest BCUT2D eigenvalue weighted by atomic mass is 10.8. The van der Waals surface area contributed by atoms with Gasteiger partial charge in [-0.15, -0.1) is 0 Å². The lowest BCUT2D eigenvalue weighted by Gasteiger charge is -2.15. The maximum atomic E-state index is 5.38. The molecular formula is C5H4Cl6O2S. The third kappa shape index (κ3) is 11.5. The third-order valence-electron chi connectivity index (χ3n) is 0.707. The third-order valence-corrected chi connectivity index (χ3v) is 1.60. The molecule has 0 unspecified atom stereocenters. The normalized spacial score (nSPS) is 12.4. The molecule has 0 atom stereocenters. The first-order valence-electron chi connectivity index (χ1n) is 3.03. The average Bonchev–Trinajstić information content (AvgIpc) is 1.94. The molecule has 0 fully saturated rings. The summed E-state index contributed by atoms with van der Waals surface area (Å²) in [6, 6.07) is 0. The summed E-state index contributed by atoms with van der Waals surface area (Å²) in [5, 5.41) is -0.248. The molecule has 0 rings (SSSR count). The molecule has 0 aliphatic rings. The Labute approximate surface area is 117 Å². The van der Waals surface area contributed by atoms with Crippen LogP contribution in [0, 0.1) is 0 Å². The van der Waals surface area contributed by atoms with Crippen LogP contribution in [0.15, 0.2) is 0 Å². The van der Waals surface area contributed by atoms with Crippen LogP contribution in [-0.2, 0) is 9.47 Å². The lowest BCUT2D eigenvalue weighted by molar-refractivity contribution is 0.183. The first kappa shape index (κ1) is 15.4. The van der Waals surface area contributed by atoms with Gasteiger partial charge in [-0.05, 0) is 0 Å². The van der Waals surface area contributed by atoms with E-state index in [-0.39, 0.29) is 18.5 Å². The molecule has 0 spiro atoms. The van der Waals surface area contributed by atoms with E-state index in [9.17, 15) is 0 Å². The molecule has 0 heterocycles. The minimum Gasteiger partial charge on any atom is -0.452 e. The van der Waals surface area contributed by atoms with Crippen LogP contribution in [0.25, 0.3) is 0 Å². The number of rotatable bonds is 2. The topological polar surface area (TPSA) is 18.5 Å². The summed E-state index contributed by atoms with van der Waals surface area (Å²) in [5.41, 5.74) is 0. The van der Waals surface area contributed by atoms with Crippen LogP contribution in [0.1, 0.15) is 0 Å². The molecule has 0 N–H and O–H groups in total. The second kappa shape index (κ2) is 6.24. The lowest BCUT2D eigenvalue weighted by Crippen LogP contribution is -2.21. The largest absolute Gasteiger partial charge is 0.452 e. The summed E-state index contributed by atoms with van der Waals surface area (Å²) < 4.78 is 6.35. The molecule has 9 heteroatoms. The highest BCUT2D eigenvalue weighted by atomic mass is 35.6. The predicted molar refractivity (Wildman–Crippen MR) is 65.1 cm³/mol. The maximum absolute atomic E-state index is 5.38. The van der Waals surface area contributed by atoms with Crippen molar-refractivity contribution >= 4 is 87.1 Å². The van der Waals surface area contributed by atoms with Gasteiger partial charge in [-0.2, -0.15) is 0 Å². The molecule has 0 radical (unpaired) electrons. The first-order chi connectivity index (χ1) is 6.10. The number of halogens is 6. The molecule has 2 nitrogen and oxygen atoms in total. The van der Waals surface area contributed by atoms with E-state index in [0.717, 1.165) is 0 Å². The van der Waals surface area contributed by atoms with Crippen LogP contribution >= 0.6 is 81.8 Å². The monoisotopic (exact) mass is 338 g/mol. The summed E-state index contributed by atoms with van der Waals surface area (Å²) in [6.45, 7) is -0.479. The van der Waals surface area contributed by atoms with Crippen molar-refractivity contribution in [3.8, 4) is 0 Å². The molecule has 0 aromatic rings. The van der Waals surface area contributed by atoms with Crippen LogP contribution < -0.4 is 0 Å². The summed E-state index contributed by atoms with van der Waals surface area (Å²) in [4.78, 5) is 0. The Balaban J connectivity index is 3.68.